The lowest BCUT2D eigenvalue weighted by Crippen LogP contribution is -2.46. The van der Waals surface area contributed by atoms with E-state index in [0.717, 1.165) is 42.1 Å². The largest absolute Gasteiger partial charge is 0.400 e. The normalized spacial score (nSPS) is 21.2. The van der Waals surface area contributed by atoms with E-state index >= 15 is 0 Å². The molecule has 0 bridgehead atoms. The number of anilines is 1. The van der Waals surface area contributed by atoms with Crippen LogP contribution in [0.15, 0.2) is 41.3 Å². The molecule has 1 heterocycles. The van der Waals surface area contributed by atoms with Gasteiger partial charge in [-0.05, 0) is 79.2 Å². The summed E-state index contributed by atoms with van der Waals surface area (Å²) in [4.78, 5) is 2.83. The topological polar surface area (TPSA) is 109 Å². The van der Waals surface area contributed by atoms with Crippen LogP contribution in [0.3, 0.4) is 0 Å². The zero-order valence-electron chi connectivity index (χ0n) is 19.1. The Balaban J connectivity index is 0.00000176. The third-order valence-electron chi connectivity index (χ3n) is 5.47. The summed E-state index contributed by atoms with van der Waals surface area (Å²) >= 11 is 1.17. The fraction of sp³-hybridized carbons (Fsp3) is 0.458. The number of hydrogen-bond acceptors (Lipinski definition) is 8. The molecule has 0 amide bonds. The van der Waals surface area contributed by atoms with Crippen molar-refractivity contribution in [2.75, 3.05) is 31.7 Å². The highest BCUT2D eigenvalue weighted by Crippen LogP contribution is 2.30. The molecule has 2 aromatic rings. The molecule has 32 heavy (non-hydrogen) atoms. The Kier molecular flexibility index (Phi) is 10.5. The average Bonchev–Trinajstić information content (AvgIpc) is 2.83. The molecule has 1 saturated heterocycles. The summed E-state index contributed by atoms with van der Waals surface area (Å²) < 4.78 is 8.20. The van der Waals surface area contributed by atoms with Crippen molar-refractivity contribution in [2.24, 2.45) is 0 Å². The van der Waals surface area contributed by atoms with Crippen LogP contribution in [-0.2, 0) is 4.74 Å². The Hall–Kier alpha value is -2.12. The summed E-state index contributed by atoms with van der Waals surface area (Å²) in [6.45, 7) is 8.28. The van der Waals surface area contributed by atoms with Crippen molar-refractivity contribution in [1.29, 1.82) is 5.26 Å². The quantitative estimate of drug-likeness (QED) is 0.369. The number of aliphatic hydroxyl groups excluding tert-OH is 3. The van der Waals surface area contributed by atoms with Crippen LogP contribution in [0.4, 0.5) is 5.69 Å². The average molecular weight is 460 g/mol. The summed E-state index contributed by atoms with van der Waals surface area (Å²) in [5, 5.41) is 38.6. The molecular formula is C24H33N3O4S. The van der Waals surface area contributed by atoms with E-state index in [0.29, 0.717) is 11.3 Å². The van der Waals surface area contributed by atoms with Gasteiger partial charge in [-0.3, -0.25) is 4.72 Å². The predicted octanol–water partition coefficient (Wildman–Crippen LogP) is 3.26. The summed E-state index contributed by atoms with van der Waals surface area (Å²) in [7, 11) is 1.00. The van der Waals surface area contributed by atoms with E-state index in [1.807, 2.05) is 13.0 Å². The Morgan fingerprint density at radius 1 is 1.16 bits per heavy atom. The number of rotatable bonds is 7. The summed E-state index contributed by atoms with van der Waals surface area (Å²) in [5.74, 6) is 0. The number of aliphatic hydroxyl groups is 3. The molecule has 0 aromatic heterocycles. The highest BCUT2D eigenvalue weighted by molar-refractivity contribution is 8.01. The van der Waals surface area contributed by atoms with Crippen molar-refractivity contribution < 1.29 is 20.1 Å². The number of benzene rings is 2. The highest BCUT2D eigenvalue weighted by Gasteiger charge is 2.29. The SMILES string of the molecule is CCN(CC)c1ccc2cc(/C(C)=C(\C#N)SNC3CC(O)COC3O)ccc2c1.CO. The molecule has 0 saturated carbocycles. The van der Waals surface area contributed by atoms with Crippen LogP contribution in [-0.4, -0.2) is 60.6 Å². The second kappa shape index (κ2) is 12.8. The molecule has 1 fully saturated rings. The monoisotopic (exact) mass is 459 g/mol. The Morgan fingerprint density at radius 2 is 1.81 bits per heavy atom. The second-order valence-corrected chi connectivity index (χ2v) is 8.27. The maximum Gasteiger partial charge on any atom is 0.171 e. The van der Waals surface area contributed by atoms with Crippen LogP contribution in [0.25, 0.3) is 16.3 Å². The number of hydrogen-bond donors (Lipinski definition) is 4. The number of allylic oxidation sites excluding steroid dienone is 2. The molecule has 7 nitrogen and oxygen atoms in total. The number of ether oxygens (including phenoxy) is 1. The van der Waals surface area contributed by atoms with E-state index in [1.54, 1.807) is 0 Å². The van der Waals surface area contributed by atoms with Gasteiger partial charge < -0.3 is 25.0 Å². The summed E-state index contributed by atoms with van der Waals surface area (Å²) in [6, 6.07) is 14.5. The number of fused-ring (bicyclic) bond motifs is 1. The third kappa shape index (κ3) is 6.45. The van der Waals surface area contributed by atoms with Gasteiger partial charge in [-0.1, -0.05) is 18.2 Å². The van der Waals surface area contributed by atoms with Gasteiger partial charge in [-0.2, -0.15) is 5.26 Å². The molecule has 1 aliphatic rings. The van der Waals surface area contributed by atoms with E-state index < -0.39 is 18.4 Å². The van der Waals surface area contributed by atoms with Gasteiger partial charge in [0.15, 0.2) is 6.29 Å². The molecule has 1 aliphatic heterocycles. The molecule has 0 radical (unpaired) electrons. The second-order valence-electron chi connectivity index (χ2n) is 7.42. The lowest BCUT2D eigenvalue weighted by molar-refractivity contribution is -0.168. The van der Waals surface area contributed by atoms with Gasteiger partial charge in [0.25, 0.3) is 0 Å². The van der Waals surface area contributed by atoms with Crippen LogP contribution in [0.5, 0.6) is 0 Å². The predicted molar refractivity (Wildman–Crippen MR) is 131 cm³/mol. The van der Waals surface area contributed by atoms with E-state index in [1.165, 1.54) is 17.6 Å². The van der Waals surface area contributed by atoms with Gasteiger partial charge in [0.05, 0.1) is 18.8 Å². The smallest absolute Gasteiger partial charge is 0.171 e. The lowest BCUT2D eigenvalue weighted by Gasteiger charge is -2.31. The lowest BCUT2D eigenvalue weighted by atomic mass is 10.0. The first kappa shape index (κ1) is 26.1. The molecule has 0 aliphatic carbocycles. The van der Waals surface area contributed by atoms with Gasteiger partial charge in [0.1, 0.15) is 11.0 Å². The van der Waals surface area contributed by atoms with Crippen LogP contribution >= 0.6 is 11.9 Å². The summed E-state index contributed by atoms with van der Waals surface area (Å²) in [5.41, 5.74) is 3.04. The van der Waals surface area contributed by atoms with E-state index in [9.17, 15) is 15.5 Å². The Bertz CT molecular complexity index is 956. The minimum atomic E-state index is -0.998. The van der Waals surface area contributed by atoms with Crippen molar-refractivity contribution >= 4 is 34.0 Å². The fourth-order valence-electron chi connectivity index (χ4n) is 3.61. The van der Waals surface area contributed by atoms with Gasteiger partial charge in [-0.25, -0.2) is 0 Å². The van der Waals surface area contributed by atoms with Gasteiger partial charge in [0, 0.05) is 25.9 Å². The first-order valence-electron chi connectivity index (χ1n) is 10.7. The molecule has 3 rings (SSSR count). The molecule has 3 atom stereocenters. The minimum Gasteiger partial charge on any atom is -0.400 e. The molecule has 3 unspecified atom stereocenters. The van der Waals surface area contributed by atoms with Crippen molar-refractivity contribution in [1.82, 2.24) is 4.72 Å². The zero-order valence-corrected chi connectivity index (χ0v) is 19.9. The van der Waals surface area contributed by atoms with Gasteiger partial charge in [0.2, 0.25) is 0 Å². The Morgan fingerprint density at radius 3 is 2.47 bits per heavy atom. The van der Waals surface area contributed by atoms with Crippen LogP contribution < -0.4 is 9.62 Å². The molecule has 174 valence electrons. The summed E-state index contributed by atoms with van der Waals surface area (Å²) in [6.07, 6.45) is -1.25. The van der Waals surface area contributed by atoms with Crippen molar-refractivity contribution in [3.8, 4) is 6.07 Å². The van der Waals surface area contributed by atoms with Crippen LogP contribution in [0, 0.1) is 11.3 Å². The molecule has 2 aromatic carbocycles. The van der Waals surface area contributed by atoms with E-state index in [4.69, 9.17) is 9.84 Å². The zero-order chi connectivity index (χ0) is 23.7. The van der Waals surface area contributed by atoms with Crippen molar-refractivity contribution in [3.05, 3.63) is 46.9 Å². The Labute approximate surface area is 194 Å². The standard InChI is InChI=1S/C23H29N3O3S.CH4O/c1-4-26(5-2)19-9-8-17-10-16(6-7-18(17)11-19)15(3)22(13-24)30-25-21-12-20(27)14-29-23(21)28;1-2/h6-11,20-21,23,25,27-28H,4-5,12,14H2,1-3H3;2H,1H3/b22-15+;. The highest BCUT2D eigenvalue weighted by atomic mass is 32.2. The van der Waals surface area contributed by atoms with E-state index in [2.05, 4.69) is 59.9 Å². The number of nitriles is 1. The van der Waals surface area contributed by atoms with Crippen molar-refractivity contribution in [2.45, 2.75) is 45.6 Å². The molecule has 8 heteroatoms. The molecule has 0 spiro atoms. The first-order chi connectivity index (χ1) is 15.5. The fourth-order valence-corrected chi connectivity index (χ4v) is 4.41. The minimum absolute atomic E-state index is 0.122. The maximum atomic E-state index is 9.93. The first-order valence-corrected chi connectivity index (χ1v) is 11.5. The molecule has 4 N–H and O–H groups in total. The van der Waals surface area contributed by atoms with Crippen LogP contribution in [0.2, 0.25) is 0 Å². The van der Waals surface area contributed by atoms with Crippen LogP contribution in [0.1, 0.15) is 32.8 Å². The number of nitrogens with one attached hydrogen (secondary N) is 1. The molecular weight excluding hydrogens is 426 g/mol. The van der Waals surface area contributed by atoms with Gasteiger partial charge >= 0.3 is 0 Å². The van der Waals surface area contributed by atoms with Crippen molar-refractivity contribution in [3.63, 3.8) is 0 Å². The number of nitrogens with zero attached hydrogens (tertiary/aromatic N) is 2. The third-order valence-corrected chi connectivity index (χ3v) is 6.49. The maximum absolute atomic E-state index is 9.93. The van der Waals surface area contributed by atoms with Gasteiger partial charge in [-0.15, -0.1) is 0 Å². The van der Waals surface area contributed by atoms with E-state index in [-0.39, 0.29) is 6.61 Å².